The van der Waals surface area contributed by atoms with Gasteiger partial charge in [0.05, 0.1) is 0 Å². The van der Waals surface area contributed by atoms with E-state index in [0.717, 1.165) is 31.2 Å². The fraction of sp³-hybridized carbons (Fsp3) is 0.750. The van der Waals surface area contributed by atoms with E-state index in [9.17, 15) is 0 Å². The average molecular weight is 264 g/mol. The lowest BCUT2D eigenvalue weighted by atomic mass is 9.97. The van der Waals surface area contributed by atoms with Crippen LogP contribution in [0.3, 0.4) is 0 Å². The minimum Gasteiger partial charge on any atom is -0.466 e. The van der Waals surface area contributed by atoms with Gasteiger partial charge in [-0.1, -0.05) is 6.92 Å². The Morgan fingerprint density at radius 2 is 2.21 bits per heavy atom. The number of furan rings is 1. The maximum absolute atomic E-state index is 5.69. The fourth-order valence-electron chi connectivity index (χ4n) is 3.08. The Hall–Kier alpha value is -0.800. The van der Waals surface area contributed by atoms with Crippen LogP contribution in [-0.2, 0) is 0 Å². The van der Waals surface area contributed by atoms with E-state index >= 15 is 0 Å². The van der Waals surface area contributed by atoms with Crippen molar-refractivity contribution in [3.63, 3.8) is 0 Å². The predicted molar refractivity (Wildman–Crippen MR) is 79.5 cm³/mol. The van der Waals surface area contributed by atoms with Crippen LogP contribution in [0.25, 0.3) is 0 Å². The van der Waals surface area contributed by atoms with Crippen molar-refractivity contribution in [3.05, 3.63) is 23.2 Å². The van der Waals surface area contributed by atoms with Gasteiger partial charge in [-0.3, -0.25) is 4.90 Å². The molecule has 1 saturated heterocycles. The molecule has 2 rings (SSSR count). The Bertz CT molecular complexity index is 426. The normalized spacial score (nSPS) is 27.2. The zero-order valence-electron chi connectivity index (χ0n) is 13.0. The fourth-order valence-corrected chi connectivity index (χ4v) is 3.08. The number of hydrogen-bond acceptors (Lipinski definition) is 3. The average Bonchev–Trinajstić information content (AvgIpc) is 2.60. The van der Waals surface area contributed by atoms with Crippen molar-refractivity contribution in [2.24, 2.45) is 0 Å². The second-order valence-electron chi connectivity index (χ2n) is 6.21. The van der Waals surface area contributed by atoms with Crippen molar-refractivity contribution < 1.29 is 4.42 Å². The Morgan fingerprint density at radius 1 is 1.47 bits per heavy atom. The van der Waals surface area contributed by atoms with Crippen LogP contribution in [0.1, 0.15) is 56.7 Å². The minimum atomic E-state index is 0.234. The Labute approximate surface area is 117 Å². The molecule has 108 valence electrons. The second-order valence-corrected chi connectivity index (χ2v) is 6.21. The van der Waals surface area contributed by atoms with Crippen LogP contribution in [0, 0.1) is 13.8 Å². The molecule has 0 spiro atoms. The Balaban J connectivity index is 2.17. The number of nitrogens with zero attached hydrogens (tertiary/aromatic N) is 1. The summed E-state index contributed by atoms with van der Waals surface area (Å²) in [4.78, 5) is 2.60. The van der Waals surface area contributed by atoms with E-state index in [1.165, 1.54) is 18.4 Å². The van der Waals surface area contributed by atoms with Crippen molar-refractivity contribution in [2.45, 2.75) is 59.0 Å². The summed E-state index contributed by atoms with van der Waals surface area (Å²) in [6.07, 6.45) is 2.38. The van der Waals surface area contributed by atoms with E-state index < -0.39 is 0 Å². The van der Waals surface area contributed by atoms with E-state index in [4.69, 9.17) is 4.42 Å². The molecule has 1 fully saturated rings. The number of aryl methyl sites for hydroxylation is 2. The third-order valence-electron chi connectivity index (χ3n) is 4.58. The van der Waals surface area contributed by atoms with Crippen LogP contribution in [0.2, 0.25) is 0 Å². The summed E-state index contributed by atoms with van der Waals surface area (Å²) < 4.78 is 5.69. The summed E-state index contributed by atoms with van der Waals surface area (Å²) in [7, 11) is 0. The van der Waals surface area contributed by atoms with Gasteiger partial charge in [0.2, 0.25) is 0 Å². The summed E-state index contributed by atoms with van der Waals surface area (Å²) in [6, 6.07) is 2.63. The molecule has 19 heavy (non-hydrogen) atoms. The summed E-state index contributed by atoms with van der Waals surface area (Å²) in [5.41, 5.74) is 1.58. The Morgan fingerprint density at radius 3 is 2.79 bits per heavy atom. The van der Waals surface area contributed by atoms with Gasteiger partial charge in [0.25, 0.3) is 0 Å². The first-order valence-corrected chi connectivity index (χ1v) is 7.51. The van der Waals surface area contributed by atoms with Crippen molar-refractivity contribution in [3.8, 4) is 0 Å². The molecule has 1 N–H and O–H groups in total. The molecule has 2 unspecified atom stereocenters. The molecule has 3 heteroatoms. The molecule has 0 aliphatic carbocycles. The first kappa shape index (κ1) is 14.6. The minimum absolute atomic E-state index is 0.234. The molecular weight excluding hydrogens is 236 g/mol. The van der Waals surface area contributed by atoms with Crippen LogP contribution in [0.5, 0.6) is 0 Å². The molecule has 0 saturated carbocycles. The molecule has 0 aromatic carbocycles. The highest BCUT2D eigenvalue weighted by molar-refractivity contribution is 5.23. The molecule has 1 aromatic rings. The van der Waals surface area contributed by atoms with Gasteiger partial charge in [-0.25, -0.2) is 0 Å². The number of nitrogens with one attached hydrogen (secondary N) is 1. The quantitative estimate of drug-likeness (QED) is 0.906. The predicted octanol–water partition coefficient (Wildman–Crippen LogP) is 3.42. The molecule has 3 nitrogen and oxygen atoms in total. The molecule has 2 atom stereocenters. The lowest BCUT2D eigenvalue weighted by Crippen LogP contribution is -2.48. The van der Waals surface area contributed by atoms with Crippen molar-refractivity contribution in [1.82, 2.24) is 10.2 Å². The lowest BCUT2D eigenvalue weighted by molar-refractivity contribution is 0.168. The molecular formula is C16H28N2O. The number of rotatable bonds is 3. The third kappa shape index (κ3) is 3.21. The van der Waals surface area contributed by atoms with Crippen LogP contribution in [-0.4, -0.2) is 30.1 Å². The summed E-state index contributed by atoms with van der Waals surface area (Å²) in [5.74, 6) is 2.09. The van der Waals surface area contributed by atoms with E-state index in [-0.39, 0.29) is 5.54 Å². The maximum atomic E-state index is 5.69. The second kappa shape index (κ2) is 5.68. The van der Waals surface area contributed by atoms with Gasteiger partial charge in [-0.15, -0.1) is 0 Å². The van der Waals surface area contributed by atoms with Crippen LogP contribution in [0.4, 0.5) is 0 Å². The Kier molecular flexibility index (Phi) is 4.36. The molecule has 2 heterocycles. The molecule has 0 amide bonds. The number of hydrogen-bond donors (Lipinski definition) is 1. The van der Waals surface area contributed by atoms with Gasteiger partial charge < -0.3 is 9.73 Å². The van der Waals surface area contributed by atoms with Gasteiger partial charge in [-0.2, -0.15) is 0 Å². The highest BCUT2D eigenvalue weighted by Gasteiger charge is 2.30. The standard InChI is InChI=1S/C16H28N2O/c1-6-16(5)11-18(9-7-8-17-16)13(3)15-10-12(2)19-14(15)4/h10,13,17H,6-9,11H2,1-5H3. The van der Waals surface area contributed by atoms with Gasteiger partial charge >= 0.3 is 0 Å². The van der Waals surface area contributed by atoms with E-state index in [1.54, 1.807) is 0 Å². The van der Waals surface area contributed by atoms with Gasteiger partial charge in [0.1, 0.15) is 11.5 Å². The van der Waals surface area contributed by atoms with Crippen molar-refractivity contribution in [1.29, 1.82) is 0 Å². The summed E-state index contributed by atoms with van der Waals surface area (Å²) in [6.45, 7) is 14.4. The topological polar surface area (TPSA) is 28.4 Å². The first-order valence-electron chi connectivity index (χ1n) is 7.51. The van der Waals surface area contributed by atoms with Crippen molar-refractivity contribution in [2.75, 3.05) is 19.6 Å². The monoisotopic (exact) mass is 264 g/mol. The van der Waals surface area contributed by atoms with Crippen LogP contribution < -0.4 is 5.32 Å². The largest absolute Gasteiger partial charge is 0.466 e. The highest BCUT2D eigenvalue weighted by atomic mass is 16.3. The zero-order chi connectivity index (χ0) is 14.0. The molecule has 0 radical (unpaired) electrons. The van der Waals surface area contributed by atoms with E-state index in [2.05, 4.69) is 44.0 Å². The van der Waals surface area contributed by atoms with E-state index in [0.29, 0.717) is 6.04 Å². The highest BCUT2D eigenvalue weighted by Crippen LogP contribution is 2.29. The van der Waals surface area contributed by atoms with Gasteiger partial charge in [0.15, 0.2) is 0 Å². The van der Waals surface area contributed by atoms with Gasteiger partial charge in [-0.05, 0) is 53.1 Å². The summed E-state index contributed by atoms with van der Waals surface area (Å²) in [5, 5.41) is 3.70. The van der Waals surface area contributed by atoms with Crippen LogP contribution >= 0.6 is 0 Å². The smallest absolute Gasteiger partial charge is 0.105 e. The molecule has 1 aliphatic heterocycles. The van der Waals surface area contributed by atoms with Gasteiger partial charge in [0, 0.05) is 30.2 Å². The third-order valence-corrected chi connectivity index (χ3v) is 4.58. The summed E-state index contributed by atoms with van der Waals surface area (Å²) >= 11 is 0. The first-order chi connectivity index (χ1) is 8.95. The van der Waals surface area contributed by atoms with Crippen LogP contribution in [0.15, 0.2) is 10.5 Å². The molecule has 1 aliphatic rings. The van der Waals surface area contributed by atoms with E-state index in [1.807, 2.05) is 6.92 Å². The molecule has 1 aromatic heterocycles. The molecule has 0 bridgehead atoms. The maximum Gasteiger partial charge on any atom is 0.105 e. The lowest BCUT2D eigenvalue weighted by Gasteiger charge is -2.35. The zero-order valence-corrected chi connectivity index (χ0v) is 13.0. The SMILES string of the molecule is CCC1(C)CN(C(C)c2cc(C)oc2C)CCCN1. The van der Waals surface area contributed by atoms with Crippen molar-refractivity contribution >= 4 is 0 Å².